The molecule has 0 aromatic heterocycles. The number of hydroxylamine groups is 1. The van der Waals surface area contributed by atoms with Crippen LogP contribution < -0.4 is 11.2 Å². The highest BCUT2D eigenvalue weighted by molar-refractivity contribution is 5.94. The molecule has 0 unspecified atom stereocenters. The molecule has 0 atom stereocenters. The molecule has 1 aromatic rings. The molecule has 1 aromatic carbocycles. The molecule has 0 radical (unpaired) electrons. The highest BCUT2D eigenvalue weighted by atomic mass is 16.6. The average molecular weight is 208 g/mol. The number of rotatable bonds is 4. The number of benzene rings is 1. The van der Waals surface area contributed by atoms with E-state index in [1.165, 1.54) is 0 Å². The van der Waals surface area contributed by atoms with E-state index in [1.807, 2.05) is 13.8 Å². The van der Waals surface area contributed by atoms with Gasteiger partial charge >= 0.3 is 0 Å². The van der Waals surface area contributed by atoms with Crippen LogP contribution in [0.2, 0.25) is 0 Å². The van der Waals surface area contributed by atoms with Gasteiger partial charge in [-0.3, -0.25) is 9.63 Å². The van der Waals surface area contributed by atoms with Crippen molar-refractivity contribution in [2.24, 2.45) is 5.92 Å². The minimum Gasteiger partial charge on any atom is -0.399 e. The molecule has 82 valence electrons. The van der Waals surface area contributed by atoms with Crippen LogP contribution in [0.5, 0.6) is 0 Å². The highest BCUT2D eigenvalue weighted by Gasteiger charge is 2.05. The predicted octanol–water partition coefficient (Wildman–Crippen LogP) is 1.59. The van der Waals surface area contributed by atoms with Crippen molar-refractivity contribution in [3.63, 3.8) is 0 Å². The van der Waals surface area contributed by atoms with E-state index in [2.05, 4.69) is 5.48 Å². The molecule has 1 amide bonds. The molecule has 0 heterocycles. The first-order valence-corrected chi connectivity index (χ1v) is 4.87. The van der Waals surface area contributed by atoms with Crippen LogP contribution in [0.15, 0.2) is 24.3 Å². The van der Waals surface area contributed by atoms with Gasteiger partial charge in [0.1, 0.15) is 0 Å². The van der Waals surface area contributed by atoms with Gasteiger partial charge in [-0.1, -0.05) is 19.9 Å². The number of amides is 1. The first-order chi connectivity index (χ1) is 7.09. The van der Waals surface area contributed by atoms with E-state index in [9.17, 15) is 4.79 Å². The summed E-state index contributed by atoms with van der Waals surface area (Å²) in [5.74, 6) is 0.106. The Morgan fingerprint density at radius 2 is 2.27 bits per heavy atom. The number of nitrogen functional groups attached to an aromatic ring is 1. The van der Waals surface area contributed by atoms with E-state index in [0.717, 1.165) is 0 Å². The lowest BCUT2D eigenvalue weighted by atomic mass is 10.2. The smallest absolute Gasteiger partial charge is 0.274 e. The number of nitrogens with one attached hydrogen (secondary N) is 1. The van der Waals surface area contributed by atoms with E-state index in [1.54, 1.807) is 24.3 Å². The van der Waals surface area contributed by atoms with Crippen molar-refractivity contribution >= 4 is 11.6 Å². The Morgan fingerprint density at radius 3 is 2.87 bits per heavy atom. The van der Waals surface area contributed by atoms with Crippen molar-refractivity contribution in [1.82, 2.24) is 5.48 Å². The lowest BCUT2D eigenvalue weighted by molar-refractivity contribution is 0.0209. The number of anilines is 1. The number of carbonyl (C=O) groups excluding carboxylic acids is 1. The molecule has 0 saturated carbocycles. The Balaban J connectivity index is 2.47. The van der Waals surface area contributed by atoms with E-state index >= 15 is 0 Å². The minimum atomic E-state index is -0.275. The van der Waals surface area contributed by atoms with Crippen LogP contribution in [-0.2, 0) is 4.84 Å². The topological polar surface area (TPSA) is 64.3 Å². The van der Waals surface area contributed by atoms with Crippen molar-refractivity contribution in [3.05, 3.63) is 29.8 Å². The van der Waals surface area contributed by atoms with Crippen LogP contribution in [0.25, 0.3) is 0 Å². The zero-order chi connectivity index (χ0) is 11.3. The molecule has 0 fully saturated rings. The van der Waals surface area contributed by atoms with Gasteiger partial charge in [0, 0.05) is 11.3 Å². The van der Waals surface area contributed by atoms with E-state index < -0.39 is 0 Å². The van der Waals surface area contributed by atoms with Crippen LogP contribution in [0.3, 0.4) is 0 Å². The first-order valence-electron chi connectivity index (χ1n) is 4.87. The van der Waals surface area contributed by atoms with Crippen molar-refractivity contribution in [1.29, 1.82) is 0 Å². The van der Waals surface area contributed by atoms with Crippen LogP contribution in [0.4, 0.5) is 5.69 Å². The fraction of sp³-hybridized carbons (Fsp3) is 0.364. The summed E-state index contributed by atoms with van der Waals surface area (Å²) in [7, 11) is 0. The molecule has 1 rings (SSSR count). The minimum absolute atomic E-state index is 0.275. The number of nitrogens with two attached hydrogens (primary N) is 1. The zero-order valence-electron chi connectivity index (χ0n) is 8.99. The second-order valence-electron chi connectivity index (χ2n) is 3.76. The second kappa shape index (κ2) is 5.36. The number of hydrogen-bond donors (Lipinski definition) is 2. The van der Waals surface area contributed by atoms with Crippen LogP contribution in [0, 0.1) is 5.92 Å². The Bertz CT molecular complexity index is 337. The maximum atomic E-state index is 11.5. The summed E-state index contributed by atoms with van der Waals surface area (Å²) in [6.07, 6.45) is 0. The van der Waals surface area contributed by atoms with Crippen molar-refractivity contribution in [2.75, 3.05) is 12.3 Å². The molecule has 0 spiro atoms. The van der Waals surface area contributed by atoms with E-state index in [4.69, 9.17) is 10.6 Å². The van der Waals surface area contributed by atoms with E-state index in [0.29, 0.717) is 23.8 Å². The normalized spacial score (nSPS) is 10.3. The Morgan fingerprint density at radius 1 is 1.53 bits per heavy atom. The molecule has 15 heavy (non-hydrogen) atoms. The third-order valence-corrected chi connectivity index (χ3v) is 1.73. The molecule has 0 bridgehead atoms. The van der Waals surface area contributed by atoms with Gasteiger partial charge in [0.05, 0.1) is 6.61 Å². The fourth-order valence-corrected chi connectivity index (χ4v) is 1.01. The molecular weight excluding hydrogens is 192 g/mol. The molecule has 4 heteroatoms. The quantitative estimate of drug-likeness (QED) is 0.583. The third-order valence-electron chi connectivity index (χ3n) is 1.73. The van der Waals surface area contributed by atoms with Crippen LogP contribution >= 0.6 is 0 Å². The van der Waals surface area contributed by atoms with Gasteiger partial charge in [0.15, 0.2) is 0 Å². The van der Waals surface area contributed by atoms with Gasteiger partial charge in [-0.2, -0.15) is 0 Å². The number of hydrogen-bond acceptors (Lipinski definition) is 3. The molecule has 0 aliphatic heterocycles. The average Bonchev–Trinajstić information content (AvgIpc) is 2.17. The molecule has 0 saturated heterocycles. The van der Waals surface area contributed by atoms with Crippen molar-refractivity contribution in [3.8, 4) is 0 Å². The summed E-state index contributed by atoms with van der Waals surface area (Å²) >= 11 is 0. The molecule has 0 aliphatic carbocycles. The maximum Gasteiger partial charge on any atom is 0.274 e. The summed E-state index contributed by atoms with van der Waals surface area (Å²) in [5, 5.41) is 0. The van der Waals surface area contributed by atoms with Gasteiger partial charge in [-0.05, 0) is 24.1 Å². The number of carbonyl (C=O) groups is 1. The summed E-state index contributed by atoms with van der Waals surface area (Å²) < 4.78 is 0. The summed E-state index contributed by atoms with van der Waals surface area (Å²) in [6.45, 7) is 4.51. The Labute approximate surface area is 89.4 Å². The summed E-state index contributed by atoms with van der Waals surface area (Å²) in [4.78, 5) is 16.5. The van der Waals surface area contributed by atoms with Gasteiger partial charge in [-0.15, -0.1) is 0 Å². The maximum absolute atomic E-state index is 11.5. The zero-order valence-corrected chi connectivity index (χ0v) is 8.99. The van der Waals surface area contributed by atoms with Gasteiger partial charge in [0.2, 0.25) is 0 Å². The Hall–Kier alpha value is -1.55. The SMILES string of the molecule is CC(C)CONC(=O)c1cccc(N)c1. The molecule has 4 nitrogen and oxygen atoms in total. The fourth-order valence-electron chi connectivity index (χ4n) is 1.01. The lowest BCUT2D eigenvalue weighted by Crippen LogP contribution is -2.25. The van der Waals surface area contributed by atoms with Crippen molar-refractivity contribution in [2.45, 2.75) is 13.8 Å². The Kier molecular flexibility index (Phi) is 4.12. The standard InChI is InChI=1S/C11H16N2O2/c1-8(2)7-15-13-11(14)9-4-3-5-10(12)6-9/h3-6,8H,7,12H2,1-2H3,(H,13,14). The molecule has 0 aliphatic rings. The largest absolute Gasteiger partial charge is 0.399 e. The predicted molar refractivity (Wildman–Crippen MR) is 59.1 cm³/mol. The molecular formula is C11H16N2O2. The lowest BCUT2D eigenvalue weighted by Gasteiger charge is -2.07. The molecule has 3 N–H and O–H groups in total. The van der Waals surface area contributed by atoms with Crippen LogP contribution in [0.1, 0.15) is 24.2 Å². The van der Waals surface area contributed by atoms with Crippen molar-refractivity contribution < 1.29 is 9.63 Å². The van der Waals surface area contributed by atoms with Gasteiger partial charge in [0.25, 0.3) is 5.91 Å². The van der Waals surface area contributed by atoms with E-state index in [-0.39, 0.29) is 5.91 Å². The summed E-state index contributed by atoms with van der Waals surface area (Å²) in [5.41, 5.74) is 8.98. The van der Waals surface area contributed by atoms with Gasteiger partial charge < -0.3 is 5.73 Å². The van der Waals surface area contributed by atoms with Crippen LogP contribution in [-0.4, -0.2) is 12.5 Å². The third kappa shape index (κ3) is 3.99. The highest BCUT2D eigenvalue weighted by Crippen LogP contribution is 2.06. The summed E-state index contributed by atoms with van der Waals surface area (Å²) in [6, 6.07) is 6.75. The second-order valence-corrected chi connectivity index (χ2v) is 3.76. The van der Waals surface area contributed by atoms with Gasteiger partial charge in [-0.25, -0.2) is 5.48 Å². The monoisotopic (exact) mass is 208 g/mol. The first kappa shape index (κ1) is 11.5.